The Bertz CT molecular complexity index is 829. The predicted molar refractivity (Wildman–Crippen MR) is 100 cm³/mol. The lowest BCUT2D eigenvalue weighted by Gasteiger charge is -2.16. The van der Waals surface area contributed by atoms with Crippen LogP contribution in [0.15, 0.2) is 53.4 Å². The van der Waals surface area contributed by atoms with Crippen LogP contribution in [0.5, 0.6) is 0 Å². The highest BCUT2D eigenvalue weighted by Gasteiger charge is 2.16. The second kappa shape index (κ2) is 8.16. The molecule has 5 nitrogen and oxygen atoms in total. The highest BCUT2D eigenvalue weighted by molar-refractivity contribution is 7.92. The maximum atomic E-state index is 12.4. The van der Waals surface area contributed by atoms with Gasteiger partial charge in [0.15, 0.2) is 0 Å². The first-order valence-corrected chi connectivity index (χ1v) is 9.85. The Balaban J connectivity index is 2.18. The van der Waals surface area contributed by atoms with Gasteiger partial charge in [0, 0.05) is 11.6 Å². The maximum absolute atomic E-state index is 12.4. The number of carbonyl (C=O) groups is 1. The average molecular weight is 360 g/mol. The summed E-state index contributed by atoms with van der Waals surface area (Å²) in [6.07, 6.45) is 1.74. The number of amides is 1. The normalized spacial score (nSPS) is 11.4. The van der Waals surface area contributed by atoms with Gasteiger partial charge in [-0.1, -0.05) is 32.0 Å². The molecule has 0 aliphatic heterocycles. The van der Waals surface area contributed by atoms with E-state index in [0.717, 1.165) is 12.8 Å². The molecule has 2 aromatic carbocycles. The van der Waals surface area contributed by atoms with Crippen molar-refractivity contribution >= 4 is 21.6 Å². The second-order valence-electron chi connectivity index (χ2n) is 5.94. The van der Waals surface area contributed by atoms with Crippen LogP contribution in [0.3, 0.4) is 0 Å². The zero-order valence-electron chi connectivity index (χ0n) is 14.7. The largest absolute Gasteiger partial charge is 0.349 e. The molecule has 6 heteroatoms. The first-order valence-electron chi connectivity index (χ1n) is 8.36. The number of aryl methyl sites for hydroxylation is 1. The first kappa shape index (κ1) is 19.0. The molecule has 0 aromatic heterocycles. The number of sulfonamides is 1. The van der Waals surface area contributed by atoms with Gasteiger partial charge >= 0.3 is 0 Å². The molecule has 134 valence electrons. The number of hydrogen-bond donors (Lipinski definition) is 2. The Morgan fingerprint density at radius 2 is 1.68 bits per heavy atom. The topological polar surface area (TPSA) is 75.3 Å². The van der Waals surface area contributed by atoms with E-state index < -0.39 is 10.0 Å². The predicted octanol–water partition coefficient (Wildman–Crippen LogP) is 3.71. The molecule has 0 saturated heterocycles. The van der Waals surface area contributed by atoms with E-state index in [0.29, 0.717) is 16.8 Å². The molecule has 2 rings (SSSR count). The SMILES string of the molecule is CCC(CC)NC(=O)c1ccc(NS(=O)(=O)c2ccccc2)c(C)c1. The van der Waals surface area contributed by atoms with Gasteiger partial charge < -0.3 is 5.32 Å². The number of anilines is 1. The Hall–Kier alpha value is -2.34. The highest BCUT2D eigenvalue weighted by atomic mass is 32.2. The third-order valence-corrected chi connectivity index (χ3v) is 5.49. The van der Waals surface area contributed by atoms with Gasteiger partial charge in [0.05, 0.1) is 10.6 Å². The Morgan fingerprint density at radius 3 is 2.24 bits per heavy atom. The number of rotatable bonds is 7. The van der Waals surface area contributed by atoms with E-state index in [1.54, 1.807) is 43.3 Å². The summed E-state index contributed by atoms with van der Waals surface area (Å²) >= 11 is 0. The molecular weight excluding hydrogens is 336 g/mol. The van der Waals surface area contributed by atoms with Crippen molar-refractivity contribution in [1.82, 2.24) is 5.32 Å². The number of nitrogens with one attached hydrogen (secondary N) is 2. The molecule has 0 aliphatic carbocycles. The van der Waals surface area contributed by atoms with Gasteiger partial charge in [0.2, 0.25) is 0 Å². The zero-order valence-corrected chi connectivity index (χ0v) is 15.6. The van der Waals surface area contributed by atoms with Crippen LogP contribution in [0, 0.1) is 6.92 Å². The van der Waals surface area contributed by atoms with Gasteiger partial charge in [-0.2, -0.15) is 0 Å². The van der Waals surface area contributed by atoms with Gasteiger partial charge in [-0.3, -0.25) is 9.52 Å². The zero-order chi connectivity index (χ0) is 18.4. The molecule has 0 unspecified atom stereocenters. The van der Waals surface area contributed by atoms with Crippen LogP contribution in [0.1, 0.15) is 42.6 Å². The molecule has 25 heavy (non-hydrogen) atoms. The first-order chi connectivity index (χ1) is 11.9. The Labute approximate surface area is 149 Å². The van der Waals surface area contributed by atoms with Crippen molar-refractivity contribution < 1.29 is 13.2 Å². The molecule has 2 aromatic rings. The van der Waals surface area contributed by atoms with Crippen LogP contribution in [-0.2, 0) is 10.0 Å². The summed E-state index contributed by atoms with van der Waals surface area (Å²) in [7, 11) is -3.65. The molecule has 0 fully saturated rings. The molecule has 0 heterocycles. The Morgan fingerprint density at radius 1 is 1.04 bits per heavy atom. The van der Waals surface area contributed by atoms with Gasteiger partial charge in [0.25, 0.3) is 15.9 Å². The summed E-state index contributed by atoms with van der Waals surface area (Å²) in [6.45, 7) is 5.83. The fraction of sp³-hybridized carbons (Fsp3) is 0.316. The van der Waals surface area contributed by atoms with Gasteiger partial charge in [0.1, 0.15) is 0 Å². The van der Waals surface area contributed by atoms with Crippen molar-refractivity contribution in [2.45, 2.75) is 44.6 Å². The third kappa shape index (κ3) is 4.82. The van der Waals surface area contributed by atoms with Gasteiger partial charge in [-0.25, -0.2) is 8.42 Å². The van der Waals surface area contributed by atoms with Crippen LogP contribution in [0.4, 0.5) is 5.69 Å². The van der Waals surface area contributed by atoms with E-state index in [1.165, 1.54) is 12.1 Å². The average Bonchev–Trinajstić information content (AvgIpc) is 2.61. The number of benzene rings is 2. The lowest BCUT2D eigenvalue weighted by molar-refractivity contribution is 0.0935. The lowest BCUT2D eigenvalue weighted by Crippen LogP contribution is -2.33. The van der Waals surface area contributed by atoms with E-state index in [9.17, 15) is 13.2 Å². The van der Waals surface area contributed by atoms with Crippen molar-refractivity contribution in [2.24, 2.45) is 0 Å². The summed E-state index contributed by atoms with van der Waals surface area (Å²) in [4.78, 5) is 12.5. The quantitative estimate of drug-likeness (QED) is 0.790. The summed E-state index contributed by atoms with van der Waals surface area (Å²) in [6, 6.07) is 13.3. The standard InChI is InChI=1S/C19H24N2O3S/c1-4-16(5-2)20-19(22)15-11-12-18(14(3)13-15)21-25(23,24)17-9-7-6-8-10-17/h6-13,16,21H,4-5H2,1-3H3,(H,20,22). The third-order valence-electron chi connectivity index (χ3n) is 4.11. The minimum absolute atomic E-state index is 0.143. The number of hydrogen-bond acceptors (Lipinski definition) is 3. The lowest BCUT2D eigenvalue weighted by atomic mass is 10.1. The molecule has 0 radical (unpaired) electrons. The van der Waals surface area contributed by atoms with Crippen molar-refractivity contribution in [2.75, 3.05) is 4.72 Å². The molecule has 0 atom stereocenters. The van der Waals surface area contributed by atoms with Crippen molar-refractivity contribution in [3.63, 3.8) is 0 Å². The summed E-state index contributed by atoms with van der Waals surface area (Å²) < 4.78 is 27.4. The van der Waals surface area contributed by atoms with Gasteiger partial charge in [-0.15, -0.1) is 0 Å². The minimum atomic E-state index is -3.65. The molecule has 0 bridgehead atoms. The molecular formula is C19H24N2O3S. The van der Waals surface area contributed by atoms with Crippen LogP contribution < -0.4 is 10.0 Å². The summed E-state index contributed by atoms with van der Waals surface area (Å²) in [5.41, 5.74) is 1.67. The van der Waals surface area contributed by atoms with E-state index in [2.05, 4.69) is 10.0 Å². The maximum Gasteiger partial charge on any atom is 0.261 e. The summed E-state index contributed by atoms with van der Waals surface area (Å²) in [5.74, 6) is -0.144. The van der Waals surface area contributed by atoms with Crippen LogP contribution in [-0.4, -0.2) is 20.4 Å². The molecule has 0 saturated carbocycles. The molecule has 1 amide bonds. The van der Waals surface area contributed by atoms with E-state index >= 15 is 0 Å². The molecule has 0 aliphatic rings. The van der Waals surface area contributed by atoms with E-state index in [-0.39, 0.29) is 16.8 Å². The van der Waals surface area contributed by atoms with Crippen LogP contribution in [0.25, 0.3) is 0 Å². The second-order valence-corrected chi connectivity index (χ2v) is 7.62. The fourth-order valence-electron chi connectivity index (χ4n) is 2.48. The van der Waals surface area contributed by atoms with Crippen LogP contribution in [0.2, 0.25) is 0 Å². The minimum Gasteiger partial charge on any atom is -0.349 e. The molecule has 0 spiro atoms. The Kier molecular flexibility index (Phi) is 6.20. The van der Waals surface area contributed by atoms with Crippen molar-refractivity contribution in [3.05, 3.63) is 59.7 Å². The van der Waals surface area contributed by atoms with E-state index in [4.69, 9.17) is 0 Å². The number of carbonyl (C=O) groups excluding carboxylic acids is 1. The molecule has 2 N–H and O–H groups in total. The highest BCUT2D eigenvalue weighted by Crippen LogP contribution is 2.21. The van der Waals surface area contributed by atoms with Gasteiger partial charge in [-0.05, 0) is 55.7 Å². The fourth-order valence-corrected chi connectivity index (χ4v) is 3.64. The van der Waals surface area contributed by atoms with E-state index in [1.807, 2.05) is 13.8 Å². The summed E-state index contributed by atoms with van der Waals surface area (Å²) in [5, 5.41) is 2.98. The van der Waals surface area contributed by atoms with Crippen molar-refractivity contribution in [1.29, 1.82) is 0 Å². The monoisotopic (exact) mass is 360 g/mol. The van der Waals surface area contributed by atoms with Crippen LogP contribution >= 0.6 is 0 Å². The van der Waals surface area contributed by atoms with Crippen molar-refractivity contribution in [3.8, 4) is 0 Å². The smallest absolute Gasteiger partial charge is 0.261 e.